The highest BCUT2D eigenvalue weighted by Crippen LogP contribution is 2.36. The number of anilines is 1. The van der Waals surface area contributed by atoms with Gasteiger partial charge in [-0.3, -0.25) is 4.79 Å². The molecule has 0 aliphatic carbocycles. The lowest BCUT2D eigenvalue weighted by atomic mass is 10.1. The zero-order valence-corrected chi connectivity index (χ0v) is 13.0. The number of pyridine rings is 1. The fraction of sp³-hybridized carbons (Fsp3) is 0.176. The van der Waals surface area contributed by atoms with E-state index in [-0.39, 0.29) is 5.78 Å². The van der Waals surface area contributed by atoms with Crippen molar-refractivity contribution in [1.82, 2.24) is 4.98 Å². The van der Waals surface area contributed by atoms with Gasteiger partial charge in [0.25, 0.3) is 0 Å². The van der Waals surface area contributed by atoms with E-state index in [0.29, 0.717) is 16.1 Å². The van der Waals surface area contributed by atoms with Crippen LogP contribution in [-0.2, 0) is 0 Å². The fourth-order valence-electron chi connectivity index (χ4n) is 2.47. The van der Waals surface area contributed by atoms with E-state index in [0.717, 1.165) is 27.0 Å². The highest BCUT2D eigenvalue weighted by Gasteiger charge is 2.20. The number of nitrogens with two attached hydrogens (primary N) is 1. The van der Waals surface area contributed by atoms with Crippen molar-refractivity contribution in [2.45, 2.75) is 20.8 Å². The molecule has 21 heavy (non-hydrogen) atoms. The number of nitrogen functional groups attached to an aromatic ring is 1. The molecule has 0 saturated heterocycles. The van der Waals surface area contributed by atoms with Crippen molar-refractivity contribution in [2.75, 3.05) is 5.73 Å². The van der Waals surface area contributed by atoms with Gasteiger partial charge >= 0.3 is 0 Å². The van der Waals surface area contributed by atoms with E-state index in [2.05, 4.69) is 4.98 Å². The Labute approximate surface area is 127 Å². The third kappa shape index (κ3) is 2.32. The lowest BCUT2D eigenvalue weighted by Crippen LogP contribution is -2.02. The van der Waals surface area contributed by atoms with Crippen LogP contribution < -0.4 is 5.73 Å². The minimum Gasteiger partial charge on any atom is -0.397 e. The van der Waals surface area contributed by atoms with Crippen molar-refractivity contribution >= 4 is 33.0 Å². The molecule has 3 aromatic rings. The maximum Gasteiger partial charge on any atom is 0.205 e. The Hall–Kier alpha value is -2.20. The van der Waals surface area contributed by atoms with Gasteiger partial charge in [0.05, 0.1) is 5.69 Å². The number of fused-ring (bicyclic) bond motifs is 1. The summed E-state index contributed by atoms with van der Waals surface area (Å²) in [5.41, 5.74) is 10.5. The molecular formula is C17H16N2OS. The number of hydrogen-bond donors (Lipinski definition) is 1. The first kappa shape index (κ1) is 13.8. The Balaban J connectivity index is 2.16. The molecule has 2 N–H and O–H groups in total. The number of benzene rings is 1. The third-order valence-corrected chi connectivity index (χ3v) is 4.64. The molecule has 0 spiro atoms. The number of carbonyl (C=O) groups excluding carboxylic acids is 1. The van der Waals surface area contributed by atoms with E-state index >= 15 is 0 Å². The van der Waals surface area contributed by atoms with E-state index in [1.165, 1.54) is 11.3 Å². The van der Waals surface area contributed by atoms with Gasteiger partial charge in [-0.15, -0.1) is 11.3 Å². The standard InChI is InChI=1S/C17H16N2OS/c1-9-4-6-12(7-5-9)15(20)16-14(18)13-10(2)8-11(3)19-17(13)21-16/h4-8H,18H2,1-3H3. The number of carbonyl (C=O) groups is 1. The molecule has 4 heteroatoms. The second kappa shape index (κ2) is 4.97. The summed E-state index contributed by atoms with van der Waals surface area (Å²) in [4.78, 5) is 18.6. The summed E-state index contributed by atoms with van der Waals surface area (Å²) in [5, 5.41) is 0.904. The van der Waals surface area contributed by atoms with E-state index in [1.54, 1.807) is 0 Å². The molecule has 3 nitrogen and oxygen atoms in total. The van der Waals surface area contributed by atoms with Crippen LogP contribution in [0.1, 0.15) is 32.1 Å². The summed E-state index contributed by atoms with van der Waals surface area (Å²) in [6, 6.07) is 9.54. The highest BCUT2D eigenvalue weighted by molar-refractivity contribution is 7.21. The molecule has 0 amide bonds. The summed E-state index contributed by atoms with van der Waals surface area (Å²) in [7, 11) is 0. The normalized spacial score (nSPS) is 11.0. The van der Waals surface area contributed by atoms with E-state index in [1.807, 2.05) is 51.1 Å². The molecule has 0 atom stereocenters. The SMILES string of the molecule is Cc1ccc(C(=O)c2sc3nc(C)cc(C)c3c2N)cc1. The Morgan fingerprint density at radius 2 is 1.81 bits per heavy atom. The van der Waals surface area contributed by atoms with Gasteiger partial charge in [-0.05, 0) is 32.4 Å². The maximum atomic E-state index is 12.6. The van der Waals surface area contributed by atoms with Crippen LogP contribution in [0.5, 0.6) is 0 Å². The van der Waals surface area contributed by atoms with Crippen LogP contribution >= 0.6 is 11.3 Å². The van der Waals surface area contributed by atoms with Gasteiger partial charge in [0, 0.05) is 16.6 Å². The first-order valence-electron chi connectivity index (χ1n) is 6.75. The number of nitrogens with zero attached hydrogens (tertiary/aromatic N) is 1. The van der Waals surface area contributed by atoms with E-state index in [9.17, 15) is 4.79 Å². The summed E-state index contributed by atoms with van der Waals surface area (Å²) in [6.45, 7) is 5.95. The highest BCUT2D eigenvalue weighted by atomic mass is 32.1. The van der Waals surface area contributed by atoms with Gasteiger partial charge in [0.1, 0.15) is 9.71 Å². The van der Waals surface area contributed by atoms with Crippen LogP contribution in [-0.4, -0.2) is 10.8 Å². The van der Waals surface area contributed by atoms with Gasteiger partial charge in [0.15, 0.2) is 0 Å². The van der Waals surface area contributed by atoms with Gasteiger partial charge in [0.2, 0.25) is 5.78 Å². The summed E-state index contributed by atoms with van der Waals surface area (Å²) in [5.74, 6) is -0.0347. The average Bonchev–Trinajstić information content (AvgIpc) is 2.76. The van der Waals surface area contributed by atoms with Gasteiger partial charge in [-0.2, -0.15) is 0 Å². The molecule has 0 radical (unpaired) electrons. The van der Waals surface area contributed by atoms with Crippen LogP contribution in [0.4, 0.5) is 5.69 Å². The maximum absolute atomic E-state index is 12.6. The quantitative estimate of drug-likeness (QED) is 0.726. The summed E-state index contributed by atoms with van der Waals surface area (Å²) < 4.78 is 0. The largest absolute Gasteiger partial charge is 0.397 e. The third-order valence-electron chi connectivity index (χ3n) is 3.54. The smallest absolute Gasteiger partial charge is 0.205 e. The lowest BCUT2D eigenvalue weighted by molar-refractivity contribution is 0.104. The second-order valence-electron chi connectivity index (χ2n) is 5.30. The average molecular weight is 296 g/mol. The number of thiophene rings is 1. The second-order valence-corrected chi connectivity index (χ2v) is 6.30. The minimum atomic E-state index is -0.0347. The number of ketones is 1. The zero-order chi connectivity index (χ0) is 15.1. The minimum absolute atomic E-state index is 0.0347. The van der Waals surface area contributed by atoms with Gasteiger partial charge < -0.3 is 5.73 Å². The molecular weight excluding hydrogens is 280 g/mol. The Kier molecular flexibility index (Phi) is 3.26. The topological polar surface area (TPSA) is 56.0 Å². The predicted molar refractivity (Wildman–Crippen MR) is 88.1 cm³/mol. The molecule has 0 fully saturated rings. The van der Waals surface area contributed by atoms with Crippen molar-refractivity contribution in [2.24, 2.45) is 0 Å². The molecule has 3 rings (SSSR count). The monoisotopic (exact) mass is 296 g/mol. The number of hydrogen-bond acceptors (Lipinski definition) is 4. The molecule has 1 aromatic carbocycles. The predicted octanol–water partition coefficient (Wildman–Crippen LogP) is 4.03. The summed E-state index contributed by atoms with van der Waals surface area (Å²) in [6.07, 6.45) is 0. The molecule has 0 bridgehead atoms. The number of aryl methyl sites for hydroxylation is 3. The number of rotatable bonds is 2. The Morgan fingerprint density at radius 1 is 1.14 bits per heavy atom. The molecule has 0 aliphatic heterocycles. The first-order chi connectivity index (χ1) is 9.97. The van der Waals surface area contributed by atoms with Crippen LogP contribution in [0.3, 0.4) is 0 Å². The van der Waals surface area contributed by atoms with Crippen molar-refractivity contribution in [3.63, 3.8) is 0 Å². The zero-order valence-electron chi connectivity index (χ0n) is 12.2. The van der Waals surface area contributed by atoms with Gasteiger partial charge in [-0.1, -0.05) is 29.8 Å². The fourth-order valence-corrected chi connectivity index (χ4v) is 3.65. The van der Waals surface area contributed by atoms with Crippen LogP contribution in [0.25, 0.3) is 10.2 Å². The van der Waals surface area contributed by atoms with Gasteiger partial charge in [-0.25, -0.2) is 4.98 Å². The van der Waals surface area contributed by atoms with Crippen molar-refractivity contribution < 1.29 is 4.79 Å². The molecule has 0 unspecified atom stereocenters. The molecule has 106 valence electrons. The van der Waals surface area contributed by atoms with E-state index in [4.69, 9.17) is 5.73 Å². The number of aromatic nitrogens is 1. The lowest BCUT2D eigenvalue weighted by Gasteiger charge is -2.01. The van der Waals surface area contributed by atoms with Crippen LogP contribution in [0.2, 0.25) is 0 Å². The van der Waals surface area contributed by atoms with Crippen molar-refractivity contribution in [1.29, 1.82) is 0 Å². The Morgan fingerprint density at radius 3 is 2.48 bits per heavy atom. The van der Waals surface area contributed by atoms with E-state index < -0.39 is 0 Å². The molecule has 2 heterocycles. The first-order valence-corrected chi connectivity index (χ1v) is 7.56. The van der Waals surface area contributed by atoms with Crippen molar-refractivity contribution in [3.05, 3.63) is 57.6 Å². The van der Waals surface area contributed by atoms with Crippen LogP contribution in [0, 0.1) is 20.8 Å². The summed E-state index contributed by atoms with van der Waals surface area (Å²) >= 11 is 1.37. The Bertz CT molecular complexity index is 847. The molecule has 0 aliphatic rings. The van der Waals surface area contributed by atoms with Crippen molar-refractivity contribution in [3.8, 4) is 0 Å². The van der Waals surface area contributed by atoms with Crippen LogP contribution in [0.15, 0.2) is 30.3 Å². The molecule has 2 aromatic heterocycles. The molecule has 0 saturated carbocycles.